The zero-order valence-electron chi connectivity index (χ0n) is 11.4. The molecule has 0 saturated carbocycles. The molecule has 1 aromatic carbocycles. The zero-order chi connectivity index (χ0) is 14.0. The highest BCUT2D eigenvalue weighted by Crippen LogP contribution is 2.28. The number of rotatable bonds is 4. The summed E-state index contributed by atoms with van der Waals surface area (Å²) in [4.78, 5) is 25.1. The van der Waals surface area contributed by atoms with Gasteiger partial charge in [0.05, 0.1) is 5.69 Å². The Hall–Kier alpha value is -2.10. The van der Waals surface area contributed by atoms with Crippen LogP contribution in [0.1, 0.15) is 29.8 Å². The molecule has 2 aromatic rings. The second-order valence-electron chi connectivity index (χ2n) is 4.44. The summed E-state index contributed by atoms with van der Waals surface area (Å²) in [6, 6.07) is 5.60. The van der Waals surface area contributed by atoms with E-state index < -0.39 is 5.63 Å². The number of nitrogens with zero attached hydrogens (tertiary/aromatic N) is 1. The lowest BCUT2D eigenvalue weighted by atomic mass is 10.1. The molecule has 0 spiro atoms. The molecule has 100 valence electrons. The summed E-state index contributed by atoms with van der Waals surface area (Å²) in [5, 5.41) is 0.811. The second kappa shape index (κ2) is 5.26. The number of benzene rings is 1. The minimum absolute atomic E-state index is 0.0989. The fraction of sp³-hybridized carbons (Fsp3) is 0.333. The number of carbonyl (C=O) groups excluding carboxylic acids is 1. The number of carbonyl (C=O) groups is 1. The fourth-order valence-corrected chi connectivity index (χ4v) is 2.30. The molecule has 2 rings (SSSR count). The quantitative estimate of drug-likeness (QED) is 0.625. The van der Waals surface area contributed by atoms with Crippen molar-refractivity contribution in [1.29, 1.82) is 0 Å². The Morgan fingerprint density at radius 2 is 1.95 bits per heavy atom. The number of hydrogen-bond donors (Lipinski definition) is 0. The van der Waals surface area contributed by atoms with Gasteiger partial charge >= 0.3 is 5.63 Å². The van der Waals surface area contributed by atoms with Gasteiger partial charge < -0.3 is 9.32 Å². The SMILES string of the molecule is CCN(CC)c1c(C=O)c(=O)oc2ccc(C)cc12. The lowest BCUT2D eigenvalue weighted by Gasteiger charge is -2.23. The maximum absolute atomic E-state index is 11.9. The molecule has 0 unspecified atom stereocenters. The molecule has 0 aliphatic carbocycles. The van der Waals surface area contributed by atoms with Crippen molar-refractivity contribution in [2.24, 2.45) is 0 Å². The summed E-state index contributed by atoms with van der Waals surface area (Å²) < 4.78 is 5.21. The van der Waals surface area contributed by atoms with Gasteiger partial charge in [0, 0.05) is 18.5 Å². The summed E-state index contributed by atoms with van der Waals surface area (Å²) in [5.41, 5.74) is 1.78. The van der Waals surface area contributed by atoms with Crippen molar-refractivity contribution in [2.45, 2.75) is 20.8 Å². The maximum Gasteiger partial charge on any atom is 0.349 e. The minimum atomic E-state index is -0.576. The van der Waals surface area contributed by atoms with Crippen LogP contribution in [0.25, 0.3) is 11.0 Å². The number of hydrogen-bond acceptors (Lipinski definition) is 4. The fourth-order valence-electron chi connectivity index (χ4n) is 2.30. The first-order valence-electron chi connectivity index (χ1n) is 6.40. The first-order valence-corrected chi connectivity index (χ1v) is 6.40. The van der Waals surface area contributed by atoms with Crippen LogP contribution in [0, 0.1) is 6.92 Å². The second-order valence-corrected chi connectivity index (χ2v) is 4.44. The van der Waals surface area contributed by atoms with Crippen molar-refractivity contribution in [3.63, 3.8) is 0 Å². The van der Waals surface area contributed by atoms with E-state index in [4.69, 9.17) is 4.42 Å². The van der Waals surface area contributed by atoms with Gasteiger partial charge in [0.1, 0.15) is 11.1 Å². The average molecular weight is 259 g/mol. The molecule has 0 atom stereocenters. The molecule has 0 N–H and O–H groups in total. The molecular weight excluding hydrogens is 242 g/mol. The molecule has 0 radical (unpaired) electrons. The third-order valence-corrected chi connectivity index (χ3v) is 3.27. The molecule has 0 bridgehead atoms. The Bertz CT molecular complexity index is 669. The molecule has 4 nitrogen and oxygen atoms in total. The van der Waals surface area contributed by atoms with Crippen LogP contribution in [0.4, 0.5) is 5.69 Å². The highest BCUT2D eigenvalue weighted by Gasteiger charge is 2.18. The zero-order valence-corrected chi connectivity index (χ0v) is 11.4. The predicted molar refractivity (Wildman–Crippen MR) is 76.2 cm³/mol. The Morgan fingerprint density at radius 3 is 2.53 bits per heavy atom. The standard InChI is InChI=1S/C15H17NO3/c1-4-16(5-2)14-11-8-10(3)6-7-13(11)19-15(18)12(14)9-17/h6-9H,4-5H2,1-3H3. The molecule has 0 amide bonds. The number of aryl methyl sites for hydroxylation is 1. The average Bonchev–Trinajstić information content (AvgIpc) is 2.40. The summed E-state index contributed by atoms with van der Waals surface area (Å²) in [5.74, 6) is 0. The number of fused-ring (bicyclic) bond motifs is 1. The topological polar surface area (TPSA) is 50.5 Å². The molecular formula is C15H17NO3. The molecule has 4 heteroatoms. The molecule has 0 saturated heterocycles. The molecule has 0 aliphatic rings. The van der Waals surface area contributed by atoms with E-state index in [0.29, 0.717) is 17.6 Å². The number of aldehydes is 1. The first kappa shape index (κ1) is 13.3. The third-order valence-electron chi connectivity index (χ3n) is 3.27. The highest BCUT2D eigenvalue weighted by molar-refractivity contribution is 5.99. The lowest BCUT2D eigenvalue weighted by Crippen LogP contribution is -2.26. The van der Waals surface area contributed by atoms with E-state index in [1.54, 1.807) is 6.07 Å². The van der Waals surface area contributed by atoms with Crippen molar-refractivity contribution in [3.05, 3.63) is 39.7 Å². The van der Waals surface area contributed by atoms with Gasteiger partial charge in [-0.3, -0.25) is 4.79 Å². The van der Waals surface area contributed by atoms with E-state index in [1.165, 1.54) is 0 Å². The normalized spacial score (nSPS) is 10.7. The monoisotopic (exact) mass is 259 g/mol. The third kappa shape index (κ3) is 2.26. The lowest BCUT2D eigenvalue weighted by molar-refractivity contribution is 0.112. The summed E-state index contributed by atoms with van der Waals surface area (Å²) in [7, 11) is 0. The van der Waals surface area contributed by atoms with Crippen LogP contribution in [0.5, 0.6) is 0 Å². The van der Waals surface area contributed by atoms with Crippen LogP contribution in [0.2, 0.25) is 0 Å². The smallest absolute Gasteiger partial charge is 0.349 e. The van der Waals surface area contributed by atoms with Crippen molar-refractivity contribution >= 4 is 22.9 Å². The van der Waals surface area contributed by atoms with Crippen LogP contribution in [-0.2, 0) is 0 Å². The Labute approximate surface area is 111 Å². The van der Waals surface area contributed by atoms with E-state index in [2.05, 4.69) is 0 Å². The summed E-state index contributed by atoms with van der Waals surface area (Å²) >= 11 is 0. The summed E-state index contributed by atoms with van der Waals surface area (Å²) in [6.45, 7) is 7.41. The molecule has 1 aromatic heterocycles. The van der Waals surface area contributed by atoms with E-state index in [9.17, 15) is 9.59 Å². The van der Waals surface area contributed by atoms with Gasteiger partial charge in [0.2, 0.25) is 0 Å². The molecule has 1 heterocycles. The van der Waals surface area contributed by atoms with E-state index in [1.807, 2.05) is 37.8 Å². The van der Waals surface area contributed by atoms with Crippen LogP contribution in [0.3, 0.4) is 0 Å². The predicted octanol–water partition coefficient (Wildman–Crippen LogP) is 2.76. The van der Waals surface area contributed by atoms with Gasteiger partial charge in [-0.05, 0) is 32.9 Å². The van der Waals surface area contributed by atoms with Crippen LogP contribution in [-0.4, -0.2) is 19.4 Å². The summed E-state index contributed by atoms with van der Waals surface area (Å²) in [6.07, 6.45) is 0.585. The van der Waals surface area contributed by atoms with Crippen LogP contribution >= 0.6 is 0 Å². The van der Waals surface area contributed by atoms with Crippen molar-refractivity contribution < 1.29 is 9.21 Å². The Balaban J connectivity index is 2.92. The Kier molecular flexibility index (Phi) is 3.69. The van der Waals surface area contributed by atoms with Gasteiger partial charge in [0.15, 0.2) is 6.29 Å². The van der Waals surface area contributed by atoms with E-state index in [-0.39, 0.29) is 5.56 Å². The Morgan fingerprint density at radius 1 is 1.26 bits per heavy atom. The molecule has 19 heavy (non-hydrogen) atoms. The van der Waals surface area contributed by atoms with E-state index in [0.717, 1.165) is 24.0 Å². The molecule has 0 fully saturated rings. The first-order chi connectivity index (χ1) is 9.12. The minimum Gasteiger partial charge on any atom is -0.422 e. The van der Waals surface area contributed by atoms with Crippen LogP contribution < -0.4 is 10.5 Å². The van der Waals surface area contributed by atoms with Gasteiger partial charge in [-0.1, -0.05) is 11.6 Å². The van der Waals surface area contributed by atoms with Crippen molar-refractivity contribution in [3.8, 4) is 0 Å². The van der Waals surface area contributed by atoms with E-state index >= 15 is 0 Å². The van der Waals surface area contributed by atoms with Gasteiger partial charge in [-0.25, -0.2) is 4.79 Å². The van der Waals surface area contributed by atoms with Crippen LogP contribution in [0.15, 0.2) is 27.4 Å². The van der Waals surface area contributed by atoms with Gasteiger partial charge in [0.25, 0.3) is 0 Å². The van der Waals surface area contributed by atoms with Crippen molar-refractivity contribution in [1.82, 2.24) is 0 Å². The largest absolute Gasteiger partial charge is 0.422 e. The highest BCUT2D eigenvalue weighted by atomic mass is 16.4. The maximum atomic E-state index is 11.9. The van der Waals surface area contributed by atoms with Gasteiger partial charge in [-0.15, -0.1) is 0 Å². The molecule has 0 aliphatic heterocycles. The van der Waals surface area contributed by atoms with Gasteiger partial charge in [-0.2, -0.15) is 0 Å². The number of anilines is 1. The van der Waals surface area contributed by atoms with Crippen molar-refractivity contribution in [2.75, 3.05) is 18.0 Å².